The first-order chi connectivity index (χ1) is 24.7. The lowest BCUT2D eigenvalue weighted by atomic mass is 9.97. The zero-order valence-electron chi connectivity index (χ0n) is 28.3. The molecule has 50 heavy (non-hydrogen) atoms. The summed E-state index contributed by atoms with van der Waals surface area (Å²) in [5.41, 5.74) is 4.07. The Morgan fingerprint density at radius 2 is 0.980 bits per heavy atom. The standard InChI is InChI=1S/C41H46O9/c1-43-41-40(47-27-33-20-12-5-13-21-33)39(50-37-23-22-34(42)35(48-37)28-44-24-30-14-6-2-7-15-30)38(46-26-32-18-10-4-11-19-32)36(49-41)29-45-25-31-16-8-3-9-17-31/h2-23,34-42H,24-29H2,1H3/t34-,35+,36+,37+,38+,39-,40+,41-/m0/s1. The number of aliphatic hydroxyl groups is 1. The number of rotatable bonds is 17. The number of hydrogen-bond acceptors (Lipinski definition) is 9. The maximum atomic E-state index is 10.8. The summed E-state index contributed by atoms with van der Waals surface area (Å²) in [7, 11) is 1.58. The lowest BCUT2D eigenvalue weighted by Crippen LogP contribution is -2.62. The Hall–Kier alpha value is -3.74. The molecular weight excluding hydrogens is 636 g/mol. The molecule has 4 aromatic rings. The molecule has 0 radical (unpaired) electrons. The molecule has 9 nitrogen and oxygen atoms in total. The van der Waals surface area contributed by atoms with Crippen LogP contribution < -0.4 is 0 Å². The molecule has 4 aromatic carbocycles. The third-order valence-electron chi connectivity index (χ3n) is 8.63. The van der Waals surface area contributed by atoms with Gasteiger partial charge in [0.2, 0.25) is 0 Å². The van der Waals surface area contributed by atoms with Gasteiger partial charge in [0.25, 0.3) is 0 Å². The summed E-state index contributed by atoms with van der Waals surface area (Å²) in [5, 5.41) is 10.8. The van der Waals surface area contributed by atoms with Gasteiger partial charge in [0.15, 0.2) is 12.6 Å². The van der Waals surface area contributed by atoms with Crippen molar-refractivity contribution in [3.05, 3.63) is 156 Å². The minimum Gasteiger partial charge on any atom is -0.386 e. The predicted octanol–water partition coefficient (Wildman–Crippen LogP) is 5.99. The fourth-order valence-corrected chi connectivity index (χ4v) is 6.00. The minimum atomic E-state index is -0.860. The van der Waals surface area contributed by atoms with Crippen LogP contribution in [-0.2, 0) is 64.3 Å². The van der Waals surface area contributed by atoms with Crippen LogP contribution in [0.5, 0.6) is 0 Å². The number of hydrogen-bond donors (Lipinski definition) is 1. The molecule has 8 atom stereocenters. The van der Waals surface area contributed by atoms with E-state index >= 15 is 0 Å². The highest BCUT2D eigenvalue weighted by atomic mass is 16.7. The van der Waals surface area contributed by atoms with Gasteiger partial charge in [0, 0.05) is 7.11 Å². The molecule has 0 bridgehead atoms. The summed E-state index contributed by atoms with van der Waals surface area (Å²) in [5.74, 6) is 0. The van der Waals surface area contributed by atoms with Crippen molar-refractivity contribution >= 4 is 0 Å². The summed E-state index contributed by atoms with van der Waals surface area (Å²) in [6.07, 6.45) is -2.39. The Balaban J connectivity index is 1.22. The summed E-state index contributed by atoms with van der Waals surface area (Å²) >= 11 is 0. The van der Waals surface area contributed by atoms with E-state index in [9.17, 15) is 5.11 Å². The van der Waals surface area contributed by atoms with Crippen molar-refractivity contribution in [3.8, 4) is 0 Å². The van der Waals surface area contributed by atoms with Crippen molar-refractivity contribution in [3.63, 3.8) is 0 Å². The molecular formula is C41H46O9. The first kappa shape index (κ1) is 36.1. The third-order valence-corrected chi connectivity index (χ3v) is 8.63. The molecule has 0 unspecified atom stereocenters. The molecule has 0 spiro atoms. The van der Waals surface area contributed by atoms with Crippen LogP contribution in [0.1, 0.15) is 22.3 Å². The second-order valence-corrected chi connectivity index (χ2v) is 12.3. The van der Waals surface area contributed by atoms with E-state index in [1.54, 1.807) is 19.3 Å². The van der Waals surface area contributed by atoms with Crippen LogP contribution in [0.2, 0.25) is 0 Å². The molecule has 0 saturated carbocycles. The average molecular weight is 683 g/mol. The molecule has 0 aliphatic carbocycles. The largest absolute Gasteiger partial charge is 0.386 e. The molecule has 9 heteroatoms. The summed E-state index contributed by atoms with van der Waals surface area (Å²) in [4.78, 5) is 0. The third kappa shape index (κ3) is 10.4. The topological polar surface area (TPSA) is 94.1 Å². The normalized spacial score (nSPS) is 26.5. The van der Waals surface area contributed by atoms with Crippen LogP contribution in [0.4, 0.5) is 0 Å². The summed E-state index contributed by atoms with van der Waals surface area (Å²) in [6.45, 7) is 1.80. The number of methoxy groups -OCH3 is 1. The fourth-order valence-electron chi connectivity index (χ4n) is 6.00. The van der Waals surface area contributed by atoms with Crippen LogP contribution in [0.15, 0.2) is 133 Å². The Labute approximate surface area is 294 Å². The summed E-state index contributed by atoms with van der Waals surface area (Å²) in [6, 6.07) is 39.7. The van der Waals surface area contributed by atoms with Gasteiger partial charge in [-0.1, -0.05) is 127 Å². The van der Waals surface area contributed by atoms with E-state index in [1.807, 2.05) is 121 Å². The maximum absolute atomic E-state index is 10.8. The minimum absolute atomic E-state index is 0.173. The number of benzene rings is 4. The molecule has 2 heterocycles. The Bertz CT molecular complexity index is 1540. The number of ether oxygens (including phenoxy) is 8. The van der Waals surface area contributed by atoms with Crippen LogP contribution >= 0.6 is 0 Å². The Kier molecular flexibility index (Phi) is 13.7. The maximum Gasteiger partial charge on any atom is 0.186 e. The first-order valence-electron chi connectivity index (χ1n) is 17.1. The van der Waals surface area contributed by atoms with Gasteiger partial charge in [-0.2, -0.15) is 0 Å². The molecule has 1 fully saturated rings. The van der Waals surface area contributed by atoms with Crippen LogP contribution in [0.3, 0.4) is 0 Å². The van der Waals surface area contributed by atoms with Gasteiger partial charge in [-0.15, -0.1) is 0 Å². The Morgan fingerprint density at radius 1 is 0.520 bits per heavy atom. The fraction of sp³-hybridized carbons (Fsp3) is 0.366. The van der Waals surface area contributed by atoms with Crippen LogP contribution in [0.25, 0.3) is 0 Å². The van der Waals surface area contributed by atoms with E-state index in [0.717, 1.165) is 22.3 Å². The van der Waals surface area contributed by atoms with Gasteiger partial charge < -0.3 is 43.0 Å². The van der Waals surface area contributed by atoms with Crippen LogP contribution in [-0.4, -0.2) is 74.6 Å². The van der Waals surface area contributed by atoms with Gasteiger partial charge in [-0.05, 0) is 28.3 Å². The second kappa shape index (κ2) is 19.0. The molecule has 1 N–H and O–H groups in total. The van der Waals surface area contributed by atoms with E-state index in [1.165, 1.54) is 0 Å². The van der Waals surface area contributed by atoms with E-state index < -0.39 is 49.2 Å². The molecule has 0 aromatic heterocycles. The first-order valence-corrected chi connectivity index (χ1v) is 17.1. The van der Waals surface area contributed by atoms with E-state index in [-0.39, 0.29) is 13.2 Å². The zero-order chi connectivity index (χ0) is 34.4. The van der Waals surface area contributed by atoms with Crippen molar-refractivity contribution in [2.75, 3.05) is 20.3 Å². The summed E-state index contributed by atoms with van der Waals surface area (Å²) < 4.78 is 50.8. The highest BCUT2D eigenvalue weighted by Gasteiger charge is 2.50. The molecule has 6 rings (SSSR count). The quantitative estimate of drug-likeness (QED) is 0.135. The Morgan fingerprint density at radius 3 is 1.48 bits per heavy atom. The average Bonchev–Trinajstić information content (AvgIpc) is 3.16. The van der Waals surface area contributed by atoms with E-state index in [4.69, 9.17) is 37.9 Å². The van der Waals surface area contributed by atoms with Gasteiger partial charge in [0.05, 0.1) is 39.6 Å². The number of aliphatic hydroxyl groups excluding tert-OH is 1. The molecule has 264 valence electrons. The van der Waals surface area contributed by atoms with E-state index in [0.29, 0.717) is 26.4 Å². The van der Waals surface area contributed by atoms with Crippen LogP contribution in [0, 0.1) is 0 Å². The van der Waals surface area contributed by atoms with Gasteiger partial charge in [-0.25, -0.2) is 0 Å². The highest BCUT2D eigenvalue weighted by molar-refractivity contribution is 5.16. The van der Waals surface area contributed by atoms with Crippen molar-refractivity contribution in [1.82, 2.24) is 0 Å². The highest BCUT2D eigenvalue weighted by Crippen LogP contribution is 2.32. The molecule has 0 amide bonds. The van der Waals surface area contributed by atoms with Crippen molar-refractivity contribution in [2.24, 2.45) is 0 Å². The van der Waals surface area contributed by atoms with Crippen molar-refractivity contribution in [2.45, 2.75) is 75.6 Å². The SMILES string of the molecule is CO[C@H]1O[C@H](COCc2ccccc2)[C@@H](OCc2ccccc2)[C@H](O[C@@H]2C=C[C@H](O)[C@@H](COCc3ccccc3)O2)[C@H]1OCc1ccccc1. The predicted molar refractivity (Wildman–Crippen MR) is 187 cm³/mol. The zero-order valence-corrected chi connectivity index (χ0v) is 28.3. The van der Waals surface area contributed by atoms with Gasteiger partial charge in [-0.3, -0.25) is 0 Å². The second-order valence-electron chi connectivity index (χ2n) is 12.3. The van der Waals surface area contributed by atoms with E-state index in [2.05, 4.69) is 0 Å². The molecule has 2 aliphatic rings. The van der Waals surface area contributed by atoms with Crippen molar-refractivity contribution in [1.29, 1.82) is 0 Å². The van der Waals surface area contributed by atoms with Gasteiger partial charge >= 0.3 is 0 Å². The molecule has 1 saturated heterocycles. The smallest absolute Gasteiger partial charge is 0.186 e. The molecule has 2 aliphatic heterocycles. The van der Waals surface area contributed by atoms with Crippen molar-refractivity contribution < 1.29 is 43.0 Å². The monoisotopic (exact) mass is 682 g/mol. The van der Waals surface area contributed by atoms with Gasteiger partial charge in [0.1, 0.15) is 36.6 Å². The lowest BCUT2D eigenvalue weighted by Gasteiger charge is -2.46. The lowest BCUT2D eigenvalue weighted by molar-refractivity contribution is -0.340.